The lowest BCUT2D eigenvalue weighted by atomic mass is 9.98. The first-order chi connectivity index (χ1) is 9.25. The lowest BCUT2D eigenvalue weighted by Crippen LogP contribution is -2.29. The van der Waals surface area contributed by atoms with E-state index < -0.39 is 0 Å². The van der Waals surface area contributed by atoms with Gasteiger partial charge >= 0.3 is 0 Å². The lowest BCUT2D eigenvalue weighted by molar-refractivity contribution is 0.0299. The topological polar surface area (TPSA) is 38.3 Å². The van der Waals surface area contributed by atoms with E-state index in [1.54, 1.807) is 0 Å². The van der Waals surface area contributed by atoms with Gasteiger partial charge in [-0.3, -0.25) is 4.79 Å². The highest BCUT2D eigenvalue weighted by molar-refractivity contribution is 9.10. The van der Waals surface area contributed by atoms with Crippen LogP contribution < -0.4 is 5.32 Å². The summed E-state index contributed by atoms with van der Waals surface area (Å²) < 4.78 is 6.68. The molecule has 1 aliphatic rings. The Kier molecular flexibility index (Phi) is 5.86. The van der Waals surface area contributed by atoms with Crippen LogP contribution in [-0.2, 0) is 4.74 Å². The predicted octanol–water partition coefficient (Wildman–Crippen LogP) is 3.53. The number of hydrogen-bond acceptors (Lipinski definition) is 2. The molecule has 3 nitrogen and oxygen atoms in total. The van der Waals surface area contributed by atoms with E-state index >= 15 is 0 Å². The molecule has 0 heterocycles. The SMILES string of the molecule is O=C(NCCOC1CCCCC1)c1cccc(Br)c1. The number of rotatable bonds is 5. The quantitative estimate of drug-likeness (QED) is 0.841. The van der Waals surface area contributed by atoms with Crippen molar-refractivity contribution in [3.8, 4) is 0 Å². The van der Waals surface area contributed by atoms with Crippen LogP contribution in [0.2, 0.25) is 0 Å². The summed E-state index contributed by atoms with van der Waals surface area (Å²) in [5.41, 5.74) is 0.673. The minimum absolute atomic E-state index is 0.0476. The first-order valence-corrected chi connectivity index (χ1v) is 7.70. The second kappa shape index (κ2) is 7.65. The molecule has 0 atom stereocenters. The summed E-state index contributed by atoms with van der Waals surface area (Å²) in [5.74, 6) is -0.0476. The van der Waals surface area contributed by atoms with Gasteiger partial charge in [0, 0.05) is 16.6 Å². The van der Waals surface area contributed by atoms with Crippen molar-refractivity contribution in [1.82, 2.24) is 5.32 Å². The van der Waals surface area contributed by atoms with Crippen molar-refractivity contribution >= 4 is 21.8 Å². The molecule has 1 aliphatic carbocycles. The fourth-order valence-corrected chi connectivity index (χ4v) is 2.75. The minimum atomic E-state index is -0.0476. The number of carbonyl (C=O) groups is 1. The summed E-state index contributed by atoms with van der Waals surface area (Å²) in [6.07, 6.45) is 6.61. The number of halogens is 1. The second-order valence-electron chi connectivity index (χ2n) is 4.90. The van der Waals surface area contributed by atoms with Crippen LogP contribution in [0.25, 0.3) is 0 Å². The van der Waals surface area contributed by atoms with Crippen molar-refractivity contribution in [2.45, 2.75) is 38.2 Å². The van der Waals surface area contributed by atoms with Gasteiger partial charge in [0.2, 0.25) is 0 Å². The molecule has 0 aromatic heterocycles. The molecule has 0 aliphatic heterocycles. The molecule has 0 unspecified atom stereocenters. The first kappa shape index (κ1) is 14.5. The van der Waals surface area contributed by atoms with Crippen LogP contribution >= 0.6 is 15.9 Å². The van der Waals surface area contributed by atoms with E-state index in [1.165, 1.54) is 32.1 Å². The van der Waals surface area contributed by atoms with E-state index in [2.05, 4.69) is 21.2 Å². The van der Waals surface area contributed by atoms with Crippen molar-refractivity contribution in [2.75, 3.05) is 13.2 Å². The van der Waals surface area contributed by atoms with Gasteiger partial charge in [0.05, 0.1) is 12.7 Å². The Labute approximate surface area is 122 Å². The molecule has 0 bridgehead atoms. The Bertz CT molecular complexity index is 416. The van der Waals surface area contributed by atoms with Crippen LogP contribution in [0, 0.1) is 0 Å². The Hall–Kier alpha value is -0.870. The van der Waals surface area contributed by atoms with Crippen molar-refractivity contribution in [2.24, 2.45) is 0 Å². The highest BCUT2D eigenvalue weighted by Crippen LogP contribution is 2.19. The van der Waals surface area contributed by atoms with Crippen LogP contribution in [0.4, 0.5) is 0 Å². The maximum atomic E-state index is 11.9. The monoisotopic (exact) mass is 325 g/mol. The van der Waals surface area contributed by atoms with E-state index in [9.17, 15) is 4.79 Å². The van der Waals surface area contributed by atoms with Gasteiger partial charge in [-0.15, -0.1) is 0 Å². The Morgan fingerprint density at radius 3 is 2.84 bits per heavy atom. The fourth-order valence-electron chi connectivity index (χ4n) is 2.35. The summed E-state index contributed by atoms with van der Waals surface area (Å²) in [6.45, 7) is 1.17. The number of benzene rings is 1. The van der Waals surface area contributed by atoms with Crippen LogP contribution in [-0.4, -0.2) is 25.2 Å². The third-order valence-electron chi connectivity index (χ3n) is 3.38. The molecule has 1 aromatic rings. The third kappa shape index (κ3) is 4.96. The maximum absolute atomic E-state index is 11.9. The van der Waals surface area contributed by atoms with Gasteiger partial charge in [0.15, 0.2) is 0 Å². The van der Waals surface area contributed by atoms with E-state index in [4.69, 9.17) is 4.74 Å². The number of ether oxygens (including phenoxy) is 1. The molecule has 0 radical (unpaired) electrons. The predicted molar refractivity (Wildman–Crippen MR) is 79.3 cm³/mol. The summed E-state index contributed by atoms with van der Waals surface area (Å²) >= 11 is 3.36. The van der Waals surface area contributed by atoms with Crippen LogP contribution in [0.1, 0.15) is 42.5 Å². The Balaban J connectivity index is 1.66. The Morgan fingerprint density at radius 2 is 2.11 bits per heavy atom. The molecule has 0 spiro atoms. The largest absolute Gasteiger partial charge is 0.376 e. The molecule has 2 rings (SSSR count). The lowest BCUT2D eigenvalue weighted by Gasteiger charge is -2.21. The van der Waals surface area contributed by atoms with Crippen LogP contribution in [0.3, 0.4) is 0 Å². The zero-order valence-electron chi connectivity index (χ0n) is 11.0. The Morgan fingerprint density at radius 1 is 1.32 bits per heavy atom. The van der Waals surface area contributed by atoms with Gasteiger partial charge in [-0.05, 0) is 31.0 Å². The summed E-state index contributed by atoms with van der Waals surface area (Å²) in [4.78, 5) is 11.9. The maximum Gasteiger partial charge on any atom is 0.251 e. The van der Waals surface area contributed by atoms with Gasteiger partial charge in [-0.25, -0.2) is 0 Å². The van der Waals surface area contributed by atoms with Crippen molar-refractivity contribution < 1.29 is 9.53 Å². The molecule has 1 aromatic carbocycles. The fraction of sp³-hybridized carbons (Fsp3) is 0.533. The van der Waals surface area contributed by atoms with Crippen molar-refractivity contribution in [3.63, 3.8) is 0 Å². The normalized spacial score (nSPS) is 16.3. The second-order valence-corrected chi connectivity index (χ2v) is 5.81. The van der Waals surface area contributed by atoms with Gasteiger partial charge in [-0.1, -0.05) is 41.3 Å². The molecule has 0 saturated heterocycles. The average molecular weight is 326 g/mol. The zero-order valence-corrected chi connectivity index (χ0v) is 12.6. The van der Waals surface area contributed by atoms with E-state index in [-0.39, 0.29) is 5.91 Å². The van der Waals surface area contributed by atoms with Crippen molar-refractivity contribution in [1.29, 1.82) is 0 Å². The number of amides is 1. The highest BCUT2D eigenvalue weighted by Gasteiger charge is 2.13. The minimum Gasteiger partial charge on any atom is -0.376 e. The zero-order chi connectivity index (χ0) is 13.5. The van der Waals surface area contributed by atoms with Crippen LogP contribution in [0.5, 0.6) is 0 Å². The highest BCUT2D eigenvalue weighted by atomic mass is 79.9. The summed E-state index contributed by atoms with van der Waals surface area (Å²) in [7, 11) is 0. The van der Waals surface area contributed by atoms with Crippen LogP contribution in [0.15, 0.2) is 28.7 Å². The third-order valence-corrected chi connectivity index (χ3v) is 3.87. The van der Waals surface area contributed by atoms with E-state index in [0.717, 1.165) is 4.47 Å². The molecule has 4 heteroatoms. The smallest absolute Gasteiger partial charge is 0.251 e. The number of nitrogens with one attached hydrogen (secondary N) is 1. The summed E-state index contributed by atoms with van der Waals surface area (Å²) in [6, 6.07) is 7.39. The first-order valence-electron chi connectivity index (χ1n) is 6.91. The molecular formula is C15H20BrNO2. The van der Waals surface area contributed by atoms with E-state index in [1.807, 2.05) is 24.3 Å². The molecule has 104 valence electrons. The average Bonchev–Trinajstić information content (AvgIpc) is 2.44. The van der Waals surface area contributed by atoms with Gasteiger partial charge < -0.3 is 10.1 Å². The number of hydrogen-bond donors (Lipinski definition) is 1. The molecule has 1 amide bonds. The van der Waals surface area contributed by atoms with Gasteiger partial charge in [0.25, 0.3) is 5.91 Å². The van der Waals surface area contributed by atoms with E-state index in [0.29, 0.717) is 24.8 Å². The van der Waals surface area contributed by atoms with Crippen molar-refractivity contribution in [3.05, 3.63) is 34.3 Å². The standard InChI is InChI=1S/C15H20BrNO2/c16-13-6-4-5-12(11-13)15(18)17-9-10-19-14-7-2-1-3-8-14/h4-6,11,14H,1-3,7-10H2,(H,17,18). The molecular weight excluding hydrogens is 306 g/mol. The van der Waals surface area contributed by atoms with Gasteiger partial charge in [-0.2, -0.15) is 0 Å². The molecule has 1 saturated carbocycles. The molecule has 19 heavy (non-hydrogen) atoms. The molecule has 1 fully saturated rings. The molecule has 1 N–H and O–H groups in total. The van der Waals surface area contributed by atoms with Gasteiger partial charge in [0.1, 0.15) is 0 Å². The number of carbonyl (C=O) groups excluding carboxylic acids is 1. The summed E-state index contributed by atoms with van der Waals surface area (Å²) in [5, 5.41) is 2.88.